The summed E-state index contributed by atoms with van der Waals surface area (Å²) in [6.07, 6.45) is 0.0416. The van der Waals surface area contributed by atoms with Gasteiger partial charge in [0.2, 0.25) is 5.82 Å². The highest BCUT2D eigenvalue weighted by Crippen LogP contribution is 2.23. The molecule has 1 aromatic carbocycles. The van der Waals surface area contributed by atoms with Crippen LogP contribution >= 0.6 is 0 Å². The van der Waals surface area contributed by atoms with Crippen LogP contribution < -0.4 is 5.32 Å². The maximum Gasteiger partial charge on any atom is 0.328 e. The Labute approximate surface area is 108 Å². The molecule has 2 rings (SSSR count). The maximum atomic E-state index is 13.3. The molecule has 0 aliphatic carbocycles. The van der Waals surface area contributed by atoms with Crippen molar-refractivity contribution in [3.63, 3.8) is 0 Å². The molecule has 0 aromatic heterocycles. The summed E-state index contributed by atoms with van der Waals surface area (Å²) in [5.41, 5.74) is -1.64. The summed E-state index contributed by atoms with van der Waals surface area (Å²) in [5.74, 6) is -13.8. The molecule has 1 N–H and O–H groups in total. The van der Waals surface area contributed by atoms with Crippen molar-refractivity contribution >= 4 is 11.9 Å². The molecule has 108 valence electrons. The first-order chi connectivity index (χ1) is 9.34. The standard InChI is InChI=1S/C11H6F5NO3/c12-5-4(6(13)8(15)9(16)7(5)14)10(18)17-3-1-2-20-11(3)19/h3H,1-2H2,(H,17,18). The second-order valence-corrected chi connectivity index (χ2v) is 3.93. The quantitative estimate of drug-likeness (QED) is 0.389. The fraction of sp³-hybridized carbons (Fsp3) is 0.273. The summed E-state index contributed by atoms with van der Waals surface area (Å²) < 4.78 is 69.8. The summed E-state index contributed by atoms with van der Waals surface area (Å²) in [7, 11) is 0. The van der Waals surface area contributed by atoms with E-state index in [4.69, 9.17) is 0 Å². The molecule has 1 amide bonds. The van der Waals surface area contributed by atoms with Gasteiger partial charge in [-0.3, -0.25) is 4.79 Å². The molecule has 4 nitrogen and oxygen atoms in total. The number of benzene rings is 1. The highest BCUT2D eigenvalue weighted by Gasteiger charge is 2.33. The zero-order valence-corrected chi connectivity index (χ0v) is 9.61. The van der Waals surface area contributed by atoms with Crippen LogP contribution in [0.3, 0.4) is 0 Å². The number of cyclic esters (lactones) is 1. The molecule has 1 unspecified atom stereocenters. The molecule has 1 heterocycles. The van der Waals surface area contributed by atoms with Crippen molar-refractivity contribution in [3.05, 3.63) is 34.6 Å². The van der Waals surface area contributed by atoms with Gasteiger partial charge in [0.15, 0.2) is 23.3 Å². The summed E-state index contributed by atoms with van der Waals surface area (Å²) in [4.78, 5) is 22.6. The van der Waals surface area contributed by atoms with Gasteiger partial charge in [0.25, 0.3) is 5.91 Å². The van der Waals surface area contributed by atoms with E-state index in [9.17, 15) is 31.5 Å². The Kier molecular flexibility index (Phi) is 3.60. The fourth-order valence-electron chi connectivity index (χ4n) is 1.66. The lowest BCUT2D eigenvalue weighted by molar-refractivity contribution is -0.139. The van der Waals surface area contributed by atoms with Crippen LogP contribution in [-0.2, 0) is 9.53 Å². The lowest BCUT2D eigenvalue weighted by atomic mass is 10.1. The normalized spacial score (nSPS) is 18.1. The number of halogens is 5. The second-order valence-electron chi connectivity index (χ2n) is 3.93. The lowest BCUT2D eigenvalue weighted by Crippen LogP contribution is -2.39. The number of hydrogen-bond donors (Lipinski definition) is 1. The first-order valence-corrected chi connectivity index (χ1v) is 5.33. The Bertz CT molecular complexity index is 575. The van der Waals surface area contributed by atoms with E-state index < -0.39 is 52.6 Å². The molecule has 0 radical (unpaired) electrons. The average molecular weight is 295 g/mol. The third kappa shape index (κ3) is 2.19. The zero-order valence-electron chi connectivity index (χ0n) is 9.61. The molecule has 0 bridgehead atoms. The van der Waals surface area contributed by atoms with Gasteiger partial charge in [0, 0.05) is 6.42 Å². The van der Waals surface area contributed by atoms with Crippen LogP contribution in [0.2, 0.25) is 0 Å². The number of esters is 1. The fourth-order valence-corrected chi connectivity index (χ4v) is 1.66. The minimum atomic E-state index is -2.36. The van der Waals surface area contributed by atoms with Gasteiger partial charge in [-0.05, 0) is 0 Å². The zero-order chi connectivity index (χ0) is 15.0. The van der Waals surface area contributed by atoms with E-state index in [1.807, 2.05) is 5.32 Å². The minimum absolute atomic E-state index is 0.0130. The van der Waals surface area contributed by atoms with E-state index >= 15 is 0 Å². The van der Waals surface area contributed by atoms with Gasteiger partial charge in [-0.25, -0.2) is 26.7 Å². The van der Waals surface area contributed by atoms with Gasteiger partial charge in [0.05, 0.1) is 6.61 Å². The average Bonchev–Trinajstić information content (AvgIpc) is 2.80. The number of nitrogens with one attached hydrogen (secondary N) is 1. The van der Waals surface area contributed by atoms with Crippen molar-refractivity contribution in [2.75, 3.05) is 6.61 Å². The molecule has 0 saturated carbocycles. The predicted molar refractivity (Wildman–Crippen MR) is 53.1 cm³/mol. The second kappa shape index (κ2) is 5.06. The molecule has 1 aromatic rings. The Morgan fingerprint density at radius 3 is 1.95 bits per heavy atom. The monoisotopic (exact) mass is 295 g/mol. The first kappa shape index (κ1) is 14.2. The molecule has 9 heteroatoms. The van der Waals surface area contributed by atoms with Crippen LogP contribution in [0.15, 0.2) is 0 Å². The molecule has 1 aliphatic rings. The number of amides is 1. The smallest absolute Gasteiger partial charge is 0.328 e. The topological polar surface area (TPSA) is 55.4 Å². The van der Waals surface area contributed by atoms with E-state index in [1.165, 1.54) is 0 Å². The molecule has 1 aliphatic heterocycles. The predicted octanol–water partition coefficient (Wildman–Crippen LogP) is 1.43. The van der Waals surface area contributed by atoms with E-state index in [-0.39, 0.29) is 13.0 Å². The Morgan fingerprint density at radius 2 is 1.50 bits per heavy atom. The molecule has 1 atom stereocenters. The highest BCUT2D eigenvalue weighted by atomic mass is 19.2. The summed E-state index contributed by atoms with van der Waals surface area (Å²) >= 11 is 0. The third-order valence-electron chi connectivity index (χ3n) is 2.68. The van der Waals surface area contributed by atoms with Crippen molar-refractivity contribution in [2.45, 2.75) is 12.5 Å². The van der Waals surface area contributed by atoms with Gasteiger partial charge in [-0.2, -0.15) is 0 Å². The van der Waals surface area contributed by atoms with Gasteiger partial charge in [-0.15, -0.1) is 0 Å². The van der Waals surface area contributed by atoms with E-state index in [0.29, 0.717) is 0 Å². The Balaban J connectivity index is 2.37. The van der Waals surface area contributed by atoms with Crippen molar-refractivity contribution < 1.29 is 36.3 Å². The van der Waals surface area contributed by atoms with Crippen molar-refractivity contribution in [2.24, 2.45) is 0 Å². The molecular weight excluding hydrogens is 289 g/mol. The lowest BCUT2D eigenvalue weighted by Gasteiger charge is -2.11. The Hall–Kier alpha value is -2.19. The van der Waals surface area contributed by atoms with Gasteiger partial charge in [-0.1, -0.05) is 0 Å². The van der Waals surface area contributed by atoms with E-state index in [2.05, 4.69) is 4.74 Å². The largest absolute Gasteiger partial charge is 0.464 e. The first-order valence-electron chi connectivity index (χ1n) is 5.33. The summed E-state index contributed by atoms with van der Waals surface area (Å²) in [5, 5.41) is 1.85. The number of ether oxygens (including phenoxy) is 1. The minimum Gasteiger partial charge on any atom is -0.464 e. The van der Waals surface area contributed by atoms with Gasteiger partial charge < -0.3 is 10.1 Å². The summed E-state index contributed by atoms with van der Waals surface area (Å²) in [6.45, 7) is -0.0130. The van der Waals surface area contributed by atoms with Crippen LogP contribution in [0.4, 0.5) is 22.0 Å². The van der Waals surface area contributed by atoms with E-state index in [0.717, 1.165) is 0 Å². The van der Waals surface area contributed by atoms with Crippen LogP contribution in [0.5, 0.6) is 0 Å². The number of rotatable bonds is 2. The van der Waals surface area contributed by atoms with Crippen molar-refractivity contribution in [1.29, 1.82) is 0 Å². The maximum absolute atomic E-state index is 13.3. The number of carbonyl (C=O) groups is 2. The molecule has 0 spiro atoms. The van der Waals surface area contributed by atoms with Gasteiger partial charge in [0.1, 0.15) is 11.6 Å². The van der Waals surface area contributed by atoms with Crippen molar-refractivity contribution in [1.82, 2.24) is 5.32 Å². The van der Waals surface area contributed by atoms with Crippen LogP contribution in [-0.4, -0.2) is 24.5 Å². The van der Waals surface area contributed by atoms with Crippen molar-refractivity contribution in [3.8, 4) is 0 Å². The molecule has 1 fully saturated rings. The highest BCUT2D eigenvalue weighted by molar-refractivity contribution is 5.97. The molecule has 20 heavy (non-hydrogen) atoms. The van der Waals surface area contributed by atoms with Gasteiger partial charge >= 0.3 is 5.97 Å². The van der Waals surface area contributed by atoms with Crippen LogP contribution in [0.1, 0.15) is 16.8 Å². The number of hydrogen-bond acceptors (Lipinski definition) is 3. The summed E-state index contributed by atoms with van der Waals surface area (Å²) in [6, 6.07) is -1.18. The van der Waals surface area contributed by atoms with Crippen LogP contribution in [0.25, 0.3) is 0 Å². The van der Waals surface area contributed by atoms with Crippen LogP contribution in [0, 0.1) is 29.1 Å². The SMILES string of the molecule is O=C(NC1CCOC1=O)c1c(F)c(F)c(F)c(F)c1F. The molecule has 1 saturated heterocycles. The molecular formula is C11H6F5NO3. The number of carbonyl (C=O) groups excluding carboxylic acids is 2. The third-order valence-corrected chi connectivity index (χ3v) is 2.68. The van der Waals surface area contributed by atoms with E-state index in [1.54, 1.807) is 0 Å². The Morgan fingerprint density at radius 1 is 1.00 bits per heavy atom.